The van der Waals surface area contributed by atoms with Gasteiger partial charge in [0.1, 0.15) is 0 Å². The summed E-state index contributed by atoms with van der Waals surface area (Å²) >= 11 is 5.78. The number of H-pyrrole nitrogens is 1. The average molecular weight is 472 g/mol. The highest BCUT2D eigenvalue weighted by Gasteiger charge is 2.18. The van der Waals surface area contributed by atoms with Gasteiger partial charge in [-0.25, -0.2) is 0 Å². The molecule has 7 heteroatoms. The van der Waals surface area contributed by atoms with Crippen molar-refractivity contribution in [3.8, 4) is 11.5 Å². The number of anilines is 1. The SMILES string of the molecule is Cc1cc2cc(CN(Cc3ccc4c(c3)OCO4)C(=S)Nc3ccccc3)c(=O)[nH]c2cc1C. The van der Waals surface area contributed by atoms with E-state index in [0.717, 1.165) is 33.5 Å². The zero-order chi connectivity index (χ0) is 23.7. The Kier molecular flexibility index (Phi) is 5.94. The van der Waals surface area contributed by atoms with Crippen LogP contribution >= 0.6 is 12.2 Å². The number of para-hydroxylation sites is 1. The highest BCUT2D eigenvalue weighted by atomic mass is 32.1. The molecule has 0 aliphatic carbocycles. The molecule has 0 atom stereocenters. The van der Waals surface area contributed by atoms with Crippen LogP contribution in [0.4, 0.5) is 5.69 Å². The van der Waals surface area contributed by atoms with Crippen molar-refractivity contribution < 1.29 is 9.47 Å². The number of thiocarbonyl (C=S) groups is 1. The lowest BCUT2D eigenvalue weighted by Gasteiger charge is -2.26. The number of nitrogens with zero attached hydrogens (tertiary/aromatic N) is 1. The van der Waals surface area contributed by atoms with E-state index in [2.05, 4.69) is 23.3 Å². The lowest BCUT2D eigenvalue weighted by Crippen LogP contribution is -2.35. The van der Waals surface area contributed by atoms with E-state index in [1.54, 1.807) is 0 Å². The van der Waals surface area contributed by atoms with Gasteiger partial charge in [0.05, 0.1) is 6.54 Å². The number of benzene rings is 3. The molecule has 34 heavy (non-hydrogen) atoms. The molecule has 172 valence electrons. The Morgan fingerprint density at radius 2 is 1.74 bits per heavy atom. The second-order valence-corrected chi connectivity index (χ2v) is 8.87. The Morgan fingerprint density at radius 1 is 0.971 bits per heavy atom. The summed E-state index contributed by atoms with van der Waals surface area (Å²) in [7, 11) is 0. The summed E-state index contributed by atoms with van der Waals surface area (Å²) in [6.07, 6.45) is 0. The molecule has 1 aliphatic rings. The highest BCUT2D eigenvalue weighted by molar-refractivity contribution is 7.80. The van der Waals surface area contributed by atoms with Crippen LogP contribution in [0.2, 0.25) is 0 Å². The van der Waals surface area contributed by atoms with Gasteiger partial charge >= 0.3 is 0 Å². The molecule has 0 saturated carbocycles. The molecule has 0 radical (unpaired) electrons. The number of fused-ring (bicyclic) bond motifs is 2. The van der Waals surface area contributed by atoms with Gasteiger partial charge in [0, 0.05) is 23.3 Å². The number of ether oxygens (including phenoxy) is 2. The van der Waals surface area contributed by atoms with Crippen molar-refractivity contribution in [1.82, 2.24) is 9.88 Å². The Morgan fingerprint density at radius 3 is 2.56 bits per heavy atom. The molecule has 4 aromatic rings. The molecule has 0 fully saturated rings. The molecular weight excluding hydrogens is 446 g/mol. The lowest BCUT2D eigenvalue weighted by molar-refractivity contribution is 0.174. The minimum Gasteiger partial charge on any atom is -0.454 e. The summed E-state index contributed by atoms with van der Waals surface area (Å²) in [5, 5.41) is 4.83. The summed E-state index contributed by atoms with van der Waals surface area (Å²) in [5.41, 5.74) is 5.59. The summed E-state index contributed by atoms with van der Waals surface area (Å²) in [4.78, 5) is 18.0. The molecule has 0 spiro atoms. The number of hydrogen-bond acceptors (Lipinski definition) is 4. The average Bonchev–Trinajstić information content (AvgIpc) is 3.29. The predicted octanol–water partition coefficient (Wildman–Crippen LogP) is 5.27. The molecule has 0 amide bonds. The summed E-state index contributed by atoms with van der Waals surface area (Å²) in [6.45, 7) is 5.19. The van der Waals surface area contributed by atoms with Crippen molar-refractivity contribution in [3.63, 3.8) is 0 Å². The minimum absolute atomic E-state index is 0.117. The maximum absolute atomic E-state index is 13.0. The molecular formula is C27H25N3O3S. The highest BCUT2D eigenvalue weighted by Crippen LogP contribution is 2.33. The van der Waals surface area contributed by atoms with E-state index in [1.165, 1.54) is 5.56 Å². The van der Waals surface area contributed by atoms with Gasteiger partial charge in [-0.1, -0.05) is 24.3 Å². The van der Waals surface area contributed by atoms with Gasteiger partial charge < -0.3 is 24.7 Å². The van der Waals surface area contributed by atoms with Crippen LogP contribution in [-0.2, 0) is 13.1 Å². The molecule has 0 saturated heterocycles. The summed E-state index contributed by atoms with van der Waals surface area (Å²) in [5.74, 6) is 1.45. The normalized spacial score (nSPS) is 12.1. The number of aryl methyl sites for hydroxylation is 2. The zero-order valence-electron chi connectivity index (χ0n) is 19.1. The Hall–Kier alpha value is -3.84. The predicted molar refractivity (Wildman–Crippen MR) is 139 cm³/mol. The first-order valence-corrected chi connectivity index (χ1v) is 11.5. The fraction of sp³-hybridized carbons (Fsp3) is 0.185. The molecule has 6 nitrogen and oxygen atoms in total. The molecule has 0 unspecified atom stereocenters. The van der Waals surface area contributed by atoms with Gasteiger partial charge in [0.25, 0.3) is 5.56 Å². The lowest BCUT2D eigenvalue weighted by atomic mass is 10.0. The van der Waals surface area contributed by atoms with E-state index in [0.29, 0.717) is 29.5 Å². The third-order valence-electron chi connectivity index (χ3n) is 6.02. The Balaban J connectivity index is 1.47. The van der Waals surface area contributed by atoms with Crippen LogP contribution in [-0.4, -0.2) is 21.8 Å². The molecule has 3 aromatic carbocycles. The first-order valence-electron chi connectivity index (χ1n) is 11.1. The van der Waals surface area contributed by atoms with Crippen LogP contribution < -0.4 is 20.3 Å². The Bertz CT molecular complexity index is 1430. The fourth-order valence-corrected chi connectivity index (χ4v) is 4.28. The zero-order valence-corrected chi connectivity index (χ0v) is 19.9. The first kappa shape index (κ1) is 22.0. The van der Waals surface area contributed by atoms with Crippen LogP contribution in [0, 0.1) is 13.8 Å². The van der Waals surface area contributed by atoms with Gasteiger partial charge in [-0.05, 0) is 90.6 Å². The van der Waals surface area contributed by atoms with Crippen molar-refractivity contribution in [2.45, 2.75) is 26.9 Å². The number of pyridine rings is 1. The second-order valence-electron chi connectivity index (χ2n) is 8.49. The van der Waals surface area contributed by atoms with Crippen molar-refractivity contribution in [3.05, 3.63) is 99.3 Å². The number of aromatic amines is 1. The number of nitrogens with one attached hydrogen (secondary N) is 2. The minimum atomic E-state index is -0.117. The molecule has 2 heterocycles. The van der Waals surface area contributed by atoms with Crippen LogP contribution in [0.25, 0.3) is 10.9 Å². The van der Waals surface area contributed by atoms with E-state index in [4.69, 9.17) is 21.7 Å². The van der Waals surface area contributed by atoms with E-state index < -0.39 is 0 Å². The van der Waals surface area contributed by atoms with Crippen molar-refractivity contribution >= 4 is 33.9 Å². The standard InChI is InChI=1S/C27H25N3O3S/c1-17-10-20-13-21(26(31)29-23(20)11-18(17)2)15-30(27(34)28-22-6-4-3-5-7-22)14-19-8-9-24-25(12-19)33-16-32-24/h3-13H,14-16H2,1-2H3,(H,28,34)(H,29,31). The molecule has 2 N–H and O–H groups in total. The van der Waals surface area contributed by atoms with Crippen LogP contribution in [0.15, 0.2) is 71.5 Å². The van der Waals surface area contributed by atoms with Crippen molar-refractivity contribution in [2.75, 3.05) is 12.1 Å². The third-order valence-corrected chi connectivity index (χ3v) is 6.38. The van der Waals surface area contributed by atoms with Crippen LogP contribution in [0.5, 0.6) is 11.5 Å². The smallest absolute Gasteiger partial charge is 0.253 e. The van der Waals surface area contributed by atoms with E-state index >= 15 is 0 Å². The van der Waals surface area contributed by atoms with Gasteiger partial charge in [-0.2, -0.15) is 0 Å². The van der Waals surface area contributed by atoms with Gasteiger partial charge in [0.15, 0.2) is 16.6 Å². The van der Waals surface area contributed by atoms with Crippen LogP contribution in [0.1, 0.15) is 22.3 Å². The van der Waals surface area contributed by atoms with E-state index in [1.807, 2.05) is 72.5 Å². The Labute approximate surface area is 203 Å². The summed E-state index contributed by atoms with van der Waals surface area (Å²) in [6, 6.07) is 21.7. The summed E-state index contributed by atoms with van der Waals surface area (Å²) < 4.78 is 11.0. The van der Waals surface area contributed by atoms with Gasteiger partial charge in [0.2, 0.25) is 6.79 Å². The third kappa shape index (κ3) is 4.61. The molecule has 5 rings (SSSR count). The van der Waals surface area contributed by atoms with Gasteiger partial charge in [-0.15, -0.1) is 0 Å². The number of rotatable bonds is 5. The second kappa shape index (κ2) is 9.19. The maximum Gasteiger partial charge on any atom is 0.253 e. The monoisotopic (exact) mass is 471 g/mol. The molecule has 0 bridgehead atoms. The van der Waals surface area contributed by atoms with Crippen LogP contribution in [0.3, 0.4) is 0 Å². The number of hydrogen-bond donors (Lipinski definition) is 2. The van der Waals surface area contributed by atoms with E-state index in [9.17, 15) is 4.79 Å². The first-order chi connectivity index (χ1) is 16.5. The number of aromatic nitrogens is 1. The van der Waals surface area contributed by atoms with Gasteiger partial charge in [-0.3, -0.25) is 4.79 Å². The largest absolute Gasteiger partial charge is 0.454 e. The van der Waals surface area contributed by atoms with E-state index in [-0.39, 0.29) is 12.4 Å². The van der Waals surface area contributed by atoms with Crippen molar-refractivity contribution in [2.24, 2.45) is 0 Å². The fourth-order valence-electron chi connectivity index (χ4n) is 4.03. The molecule has 1 aliphatic heterocycles. The maximum atomic E-state index is 13.0. The molecule has 1 aromatic heterocycles. The van der Waals surface area contributed by atoms with Crippen molar-refractivity contribution in [1.29, 1.82) is 0 Å². The quantitative estimate of drug-likeness (QED) is 0.387. The topological polar surface area (TPSA) is 66.6 Å².